The molecule has 2 aliphatic heterocycles. The smallest absolute Gasteiger partial charge is 0.309 e. The maximum Gasteiger partial charge on any atom is 0.309 e. The molecule has 0 spiro atoms. The minimum Gasteiger partial charge on any atom is -0.466 e. The molecule has 0 atom stereocenters. The zero-order valence-electron chi connectivity index (χ0n) is 14.9. The van der Waals surface area contributed by atoms with Crippen molar-refractivity contribution in [2.24, 2.45) is 5.92 Å². The van der Waals surface area contributed by atoms with Crippen molar-refractivity contribution in [3.8, 4) is 0 Å². The summed E-state index contributed by atoms with van der Waals surface area (Å²) in [4.78, 5) is 26.3. The molecular formula is C18H24N2O5S. The molecule has 142 valence electrons. The van der Waals surface area contributed by atoms with E-state index in [1.54, 1.807) is 36.1 Å². The van der Waals surface area contributed by atoms with E-state index in [0.717, 1.165) is 0 Å². The first-order valence-corrected chi connectivity index (χ1v) is 10.6. The van der Waals surface area contributed by atoms with Gasteiger partial charge in [-0.25, -0.2) is 8.42 Å². The number of amides is 1. The summed E-state index contributed by atoms with van der Waals surface area (Å²) in [5.74, 6) is -0.335. The van der Waals surface area contributed by atoms with Crippen molar-refractivity contribution in [2.75, 3.05) is 36.3 Å². The van der Waals surface area contributed by atoms with Crippen molar-refractivity contribution in [3.05, 3.63) is 29.8 Å². The molecule has 0 radical (unpaired) electrons. The molecule has 0 unspecified atom stereocenters. The Bertz CT molecular complexity index is 785. The number of hydrogen-bond acceptors (Lipinski definition) is 5. The fourth-order valence-electron chi connectivity index (χ4n) is 3.48. The van der Waals surface area contributed by atoms with Crippen molar-refractivity contribution in [1.29, 1.82) is 0 Å². The van der Waals surface area contributed by atoms with E-state index in [4.69, 9.17) is 4.74 Å². The Hall–Kier alpha value is -2.09. The Morgan fingerprint density at radius 2 is 1.92 bits per heavy atom. The molecule has 2 aliphatic rings. The third-order valence-electron chi connectivity index (χ3n) is 4.88. The van der Waals surface area contributed by atoms with E-state index in [1.807, 2.05) is 0 Å². The highest BCUT2D eigenvalue weighted by Crippen LogP contribution is 2.26. The highest BCUT2D eigenvalue weighted by molar-refractivity contribution is 7.93. The van der Waals surface area contributed by atoms with Crippen LogP contribution in [0.15, 0.2) is 24.3 Å². The monoisotopic (exact) mass is 380 g/mol. The first-order valence-electron chi connectivity index (χ1n) is 8.99. The lowest BCUT2D eigenvalue weighted by atomic mass is 9.96. The first kappa shape index (κ1) is 18.7. The number of ether oxygens (including phenoxy) is 1. The maximum atomic E-state index is 12.8. The van der Waals surface area contributed by atoms with Gasteiger partial charge in [0.05, 0.1) is 24.0 Å². The molecule has 7 nitrogen and oxygen atoms in total. The fraction of sp³-hybridized carbons (Fsp3) is 0.556. The summed E-state index contributed by atoms with van der Waals surface area (Å²) < 4.78 is 30.6. The van der Waals surface area contributed by atoms with Crippen LogP contribution in [0, 0.1) is 5.92 Å². The third-order valence-corrected chi connectivity index (χ3v) is 6.75. The molecule has 3 rings (SSSR count). The highest BCUT2D eigenvalue weighted by Gasteiger charge is 2.31. The summed E-state index contributed by atoms with van der Waals surface area (Å²) in [5.41, 5.74) is 1.01. The Kier molecular flexibility index (Phi) is 5.50. The second-order valence-electron chi connectivity index (χ2n) is 6.61. The number of likely N-dealkylation sites (tertiary alicyclic amines) is 1. The van der Waals surface area contributed by atoms with Gasteiger partial charge in [-0.15, -0.1) is 0 Å². The zero-order valence-corrected chi connectivity index (χ0v) is 15.7. The number of rotatable bonds is 4. The molecule has 1 aromatic rings. The molecule has 26 heavy (non-hydrogen) atoms. The van der Waals surface area contributed by atoms with Crippen LogP contribution in [-0.4, -0.2) is 57.2 Å². The van der Waals surface area contributed by atoms with Crippen molar-refractivity contribution in [3.63, 3.8) is 0 Å². The van der Waals surface area contributed by atoms with Crippen molar-refractivity contribution in [1.82, 2.24) is 4.90 Å². The zero-order chi connectivity index (χ0) is 18.7. The number of nitrogens with zero attached hydrogens (tertiary/aromatic N) is 2. The molecule has 1 amide bonds. The lowest BCUT2D eigenvalue weighted by Gasteiger charge is -2.31. The number of sulfonamides is 1. The van der Waals surface area contributed by atoms with E-state index in [2.05, 4.69) is 0 Å². The number of piperidine rings is 1. The van der Waals surface area contributed by atoms with Gasteiger partial charge in [-0.2, -0.15) is 0 Å². The van der Waals surface area contributed by atoms with Crippen molar-refractivity contribution >= 4 is 27.6 Å². The third kappa shape index (κ3) is 3.85. The Morgan fingerprint density at radius 3 is 2.54 bits per heavy atom. The predicted octanol–water partition coefficient (Wildman–Crippen LogP) is 1.64. The molecule has 0 N–H and O–H groups in total. The minimum atomic E-state index is -3.27. The van der Waals surface area contributed by atoms with Gasteiger partial charge in [0.25, 0.3) is 5.91 Å². The molecule has 0 aliphatic carbocycles. The number of esters is 1. The molecule has 0 saturated carbocycles. The summed E-state index contributed by atoms with van der Waals surface area (Å²) in [5, 5.41) is 0. The lowest BCUT2D eigenvalue weighted by Crippen LogP contribution is -2.40. The van der Waals surface area contributed by atoms with Crippen LogP contribution in [0.25, 0.3) is 0 Å². The van der Waals surface area contributed by atoms with Gasteiger partial charge in [0.15, 0.2) is 0 Å². The van der Waals surface area contributed by atoms with Crippen LogP contribution in [0.5, 0.6) is 0 Å². The average Bonchev–Trinajstić information content (AvgIpc) is 3.00. The van der Waals surface area contributed by atoms with E-state index >= 15 is 0 Å². The molecule has 2 fully saturated rings. The van der Waals surface area contributed by atoms with Crippen LogP contribution < -0.4 is 4.31 Å². The van der Waals surface area contributed by atoms with E-state index in [9.17, 15) is 18.0 Å². The lowest BCUT2D eigenvalue weighted by molar-refractivity contribution is -0.149. The highest BCUT2D eigenvalue weighted by atomic mass is 32.2. The van der Waals surface area contributed by atoms with Crippen LogP contribution >= 0.6 is 0 Å². The van der Waals surface area contributed by atoms with Gasteiger partial charge in [-0.3, -0.25) is 13.9 Å². The van der Waals surface area contributed by atoms with Gasteiger partial charge in [0.1, 0.15) is 0 Å². The van der Waals surface area contributed by atoms with Crippen LogP contribution in [0.3, 0.4) is 0 Å². The average molecular weight is 380 g/mol. The molecular weight excluding hydrogens is 356 g/mol. The summed E-state index contributed by atoms with van der Waals surface area (Å²) >= 11 is 0. The molecule has 1 aromatic carbocycles. The number of carbonyl (C=O) groups excluding carboxylic acids is 2. The molecule has 2 heterocycles. The molecule has 0 bridgehead atoms. The normalized spacial score (nSPS) is 20.2. The van der Waals surface area contributed by atoms with Gasteiger partial charge < -0.3 is 9.64 Å². The van der Waals surface area contributed by atoms with Gasteiger partial charge in [0.2, 0.25) is 10.0 Å². The van der Waals surface area contributed by atoms with Gasteiger partial charge >= 0.3 is 5.97 Å². The number of hydrogen-bond donors (Lipinski definition) is 0. The number of benzene rings is 1. The second kappa shape index (κ2) is 7.65. The molecule has 0 aromatic heterocycles. The Balaban J connectivity index is 1.68. The number of carbonyl (C=O) groups is 2. The second-order valence-corrected chi connectivity index (χ2v) is 8.62. The van der Waals surface area contributed by atoms with Gasteiger partial charge in [0, 0.05) is 25.2 Å². The van der Waals surface area contributed by atoms with Gasteiger partial charge in [-0.05, 0) is 44.4 Å². The van der Waals surface area contributed by atoms with Crippen LogP contribution in [0.1, 0.15) is 36.5 Å². The number of anilines is 1. The largest absolute Gasteiger partial charge is 0.466 e. The standard InChI is InChI=1S/C18H24N2O5S/c1-2-25-18(22)14-7-10-19(11-8-14)17(21)15-5-3-6-16(13-15)20-9-4-12-26(20,23)24/h3,5-6,13-14H,2,4,7-12H2,1H3. The van der Waals surface area contributed by atoms with E-state index < -0.39 is 10.0 Å². The Morgan fingerprint density at radius 1 is 1.19 bits per heavy atom. The van der Waals surface area contributed by atoms with E-state index in [1.165, 1.54) is 4.31 Å². The van der Waals surface area contributed by atoms with Crippen molar-refractivity contribution in [2.45, 2.75) is 26.2 Å². The van der Waals surface area contributed by atoms with Crippen molar-refractivity contribution < 1.29 is 22.7 Å². The maximum absolute atomic E-state index is 12.8. The summed E-state index contributed by atoms with van der Waals surface area (Å²) in [6, 6.07) is 6.77. The molecule has 8 heteroatoms. The quantitative estimate of drug-likeness (QED) is 0.742. The minimum absolute atomic E-state index is 0.134. The SMILES string of the molecule is CCOC(=O)C1CCN(C(=O)c2cccc(N3CCCS3(=O)=O)c2)CC1. The first-order chi connectivity index (χ1) is 12.4. The van der Waals surface area contributed by atoms with E-state index in [-0.39, 0.29) is 23.5 Å². The van der Waals surface area contributed by atoms with Gasteiger partial charge in [-0.1, -0.05) is 6.07 Å². The summed E-state index contributed by atoms with van der Waals surface area (Å²) in [7, 11) is -3.27. The summed E-state index contributed by atoms with van der Waals surface area (Å²) in [6.45, 7) is 3.59. The summed E-state index contributed by atoms with van der Waals surface area (Å²) in [6.07, 6.45) is 1.78. The molecule has 2 saturated heterocycles. The Labute approximate surface area is 154 Å². The predicted molar refractivity (Wildman–Crippen MR) is 97.5 cm³/mol. The van der Waals surface area contributed by atoms with Crippen LogP contribution in [0.2, 0.25) is 0 Å². The fourth-order valence-corrected chi connectivity index (χ4v) is 5.04. The van der Waals surface area contributed by atoms with E-state index in [0.29, 0.717) is 56.8 Å². The van der Waals surface area contributed by atoms with Crippen LogP contribution in [0.4, 0.5) is 5.69 Å². The topological polar surface area (TPSA) is 84.0 Å². The van der Waals surface area contributed by atoms with Crippen LogP contribution in [-0.2, 0) is 19.6 Å².